The van der Waals surface area contributed by atoms with Crippen molar-refractivity contribution < 1.29 is 24.2 Å². The Balaban J connectivity index is 1.37. The summed E-state index contributed by atoms with van der Waals surface area (Å²) in [5, 5.41) is 12.5. The van der Waals surface area contributed by atoms with Gasteiger partial charge in [0.25, 0.3) is 0 Å². The van der Waals surface area contributed by atoms with Gasteiger partial charge in [-0.15, -0.1) is 0 Å². The van der Waals surface area contributed by atoms with Gasteiger partial charge < -0.3 is 14.6 Å². The number of rotatable bonds is 3. The zero-order valence-corrected chi connectivity index (χ0v) is 20.3. The number of hydrogen-bond acceptors (Lipinski definition) is 5. The van der Waals surface area contributed by atoms with Crippen molar-refractivity contribution in [2.75, 3.05) is 11.9 Å². The van der Waals surface area contributed by atoms with Crippen molar-refractivity contribution in [1.29, 1.82) is 0 Å². The van der Waals surface area contributed by atoms with E-state index in [0.29, 0.717) is 24.4 Å². The van der Waals surface area contributed by atoms with Crippen LogP contribution in [0.5, 0.6) is 0 Å². The summed E-state index contributed by atoms with van der Waals surface area (Å²) >= 11 is 3.20. The fourth-order valence-electron chi connectivity index (χ4n) is 8.69. The lowest BCUT2D eigenvalue weighted by molar-refractivity contribution is -0.209. The van der Waals surface area contributed by atoms with Gasteiger partial charge in [0.1, 0.15) is 18.0 Å². The smallest absolute Gasteiger partial charge is 0.331 e. The molecule has 0 saturated heterocycles. The van der Waals surface area contributed by atoms with Gasteiger partial charge in [0, 0.05) is 11.5 Å². The van der Waals surface area contributed by atoms with Crippen molar-refractivity contribution in [3.8, 4) is 0 Å². The number of alkyl halides is 1. The maximum atomic E-state index is 12.2. The first-order valence-corrected chi connectivity index (χ1v) is 13.2. The Labute approximate surface area is 193 Å². The summed E-state index contributed by atoms with van der Waals surface area (Å²) in [4.78, 5) is 23.5. The highest BCUT2D eigenvalue weighted by molar-refractivity contribution is 9.09. The van der Waals surface area contributed by atoms with Crippen LogP contribution >= 0.6 is 15.9 Å². The van der Waals surface area contributed by atoms with Gasteiger partial charge in [0.05, 0.1) is 5.60 Å². The lowest BCUT2D eigenvalue weighted by atomic mass is 9.43. The first-order valence-electron chi connectivity index (χ1n) is 12.1. The van der Waals surface area contributed by atoms with E-state index < -0.39 is 5.60 Å². The standard InChI is InChI=1S/C25H35BrO5/c1-23-8-5-17(31-22(28)13-26)12-16(23)3-4-20-19(23)6-9-24(2)18(7-10-25(20,24)29)15-11-21(27)30-14-15/h11,16-20,29H,3-10,12-14H2,1-2H3/t16?,17-,18+,19?,20?,23-,24+,25-/m0/s1. The van der Waals surface area contributed by atoms with Crippen LogP contribution in [0.2, 0.25) is 0 Å². The number of halogens is 1. The second-order valence-corrected chi connectivity index (χ2v) is 11.9. The predicted octanol–water partition coefficient (Wildman–Crippen LogP) is 4.55. The van der Waals surface area contributed by atoms with E-state index >= 15 is 0 Å². The molecule has 4 aliphatic carbocycles. The van der Waals surface area contributed by atoms with Crippen LogP contribution in [0.25, 0.3) is 0 Å². The monoisotopic (exact) mass is 494 g/mol. The van der Waals surface area contributed by atoms with Crippen molar-refractivity contribution in [2.24, 2.45) is 34.5 Å². The minimum atomic E-state index is -0.666. The van der Waals surface area contributed by atoms with Crippen LogP contribution in [-0.2, 0) is 19.1 Å². The third-order valence-electron chi connectivity index (χ3n) is 10.3. The van der Waals surface area contributed by atoms with E-state index in [2.05, 4.69) is 29.8 Å². The fourth-order valence-corrected chi connectivity index (χ4v) is 8.83. The van der Waals surface area contributed by atoms with E-state index in [-0.39, 0.29) is 40.1 Å². The number of carbonyl (C=O) groups excluding carboxylic acids is 2. The lowest BCUT2D eigenvalue weighted by Crippen LogP contribution is -2.62. The van der Waals surface area contributed by atoms with E-state index in [4.69, 9.17) is 9.47 Å². The molecule has 0 amide bonds. The molecule has 0 spiro atoms. The normalized spacial score (nSPS) is 48.8. The van der Waals surface area contributed by atoms with Crippen LogP contribution in [0, 0.1) is 34.5 Å². The summed E-state index contributed by atoms with van der Waals surface area (Å²) in [5.41, 5.74) is 0.456. The molecular weight excluding hydrogens is 460 g/mol. The molecule has 5 aliphatic rings. The van der Waals surface area contributed by atoms with Gasteiger partial charge in [-0.2, -0.15) is 0 Å². The van der Waals surface area contributed by atoms with E-state index in [9.17, 15) is 14.7 Å². The van der Waals surface area contributed by atoms with Crippen molar-refractivity contribution in [2.45, 2.75) is 83.3 Å². The molecule has 0 aromatic heterocycles. The van der Waals surface area contributed by atoms with Crippen molar-refractivity contribution in [1.82, 2.24) is 0 Å². The summed E-state index contributed by atoms with van der Waals surface area (Å²) in [6.45, 7) is 5.12. The molecule has 172 valence electrons. The van der Waals surface area contributed by atoms with Gasteiger partial charge in [-0.05, 0) is 92.4 Å². The van der Waals surface area contributed by atoms with Crippen LogP contribution < -0.4 is 0 Å². The highest BCUT2D eigenvalue weighted by atomic mass is 79.9. The SMILES string of the molecule is C[C@]12CC[C@H](OC(=O)CBr)CC1CCC1C2CC[C@]2(C)[C@@H](C3=CC(=O)OC3)CC[C@]12O. The van der Waals surface area contributed by atoms with Crippen LogP contribution in [0.15, 0.2) is 11.6 Å². The molecule has 0 radical (unpaired) electrons. The summed E-state index contributed by atoms with van der Waals surface area (Å²) < 4.78 is 10.9. The molecule has 4 saturated carbocycles. The molecule has 0 aromatic rings. The molecule has 5 nitrogen and oxygen atoms in total. The number of aliphatic hydroxyl groups is 1. The number of ether oxygens (including phenoxy) is 2. The maximum Gasteiger partial charge on any atom is 0.331 e. The number of carbonyl (C=O) groups is 2. The summed E-state index contributed by atoms with van der Waals surface area (Å²) in [5.74, 6) is 1.25. The van der Waals surface area contributed by atoms with Crippen molar-refractivity contribution in [3.63, 3.8) is 0 Å². The fraction of sp³-hybridized carbons (Fsp3) is 0.840. The number of fused-ring (bicyclic) bond motifs is 5. The Bertz CT molecular complexity index is 810. The second-order valence-electron chi connectivity index (χ2n) is 11.3. The molecule has 1 heterocycles. The quantitative estimate of drug-likeness (QED) is 0.460. The molecule has 0 aromatic carbocycles. The van der Waals surface area contributed by atoms with Gasteiger partial charge in [-0.25, -0.2) is 4.79 Å². The van der Waals surface area contributed by atoms with Gasteiger partial charge in [-0.1, -0.05) is 29.8 Å². The Kier molecular flexibility index (Phi) is 5.36. The van der Waals surface area contributed by atoms with Crippen molar-refractivity contribution in [3.05, 3.63) is 11.6 Å². The number of hydrogen-bond donors (Lipinski definition) is 1. The van der Waals surface area contributed by atoms with E-state index in [1.165, 1.54) is 0 Å². The Morgan fingerprint density at radius 3 is 2.68 bits per heavy atom. The summed E-state index contributed by atoms with van der Waals surface area (Å²) in [6.07, 6.45) is 10.8. The summed E-state index contributed by atoms with van der Waals surface area (Å²) in [6, 6.07) is 0. The van der Waals surface area contributed by atoms with E-state index in [1.807, 2.05) is 0 Å². The highest BCUT2D eigenvalue weighted by Gasteiger charge is 2.67. The maximum absolute atomic E-state index is 12.2. The molecule has 31 heavy (non-hydrogen) atoms. The molecule has 6 heteroatoms. The first kappa shape index (κ1) is 21.9. The van der Waals surface area contributed by atoms with Crippen molar-refractivity contribution >= 4 is 27.9 Å². The predicted molar refractivity (Wildman–Crippen MR) is 119 cm³/mol. The van der Waals surface area contributed by atoms with Crippen LogP contribution in [-0.4, -0.2) is 40.7 Å². The summed E-state index contributed by atoms with van der Waals surface area (Å²) in [7, 11) is 0. The van der Waals surface area contributed by atoms with Gasteiger partial charge in [0.2, 0.25) is 0 Å². The Hall–Kier alpha value is -0.880. The molecular formula is C25H35BrO5. The highest BCUT2D eigenvalue weighted by Crippen LogP contribution is 2.70. The molecule has 3 unspecified atom stereocenters. The lowest BCUT2D eigenvalue weighted by Gasteiger charge is -2.63. The zero-order chi connectivity index (χ0) is 22.0. The third-order valence-corrected chi connectivity index (χ3v) is 10.8. The minimum absolute atomic E-state index is 0.0410. The second kappa shape index (κ2) is 7.58. The van der Waals surface area contributed by atoms with Crippen LogP contribution in [0.3, 0.4) is 0 Å². The topological polar surface area (TPSA) is 72.8 Å². The van der Waals surface area contributed by atoms with Crippen LogP contribution in [0.4, 0.5) is 0 Å². The molecule has 5 rings (SSSR count). The zero-order valence-electron chi connectivity index (χ0n) is 18.7. The molecule has 1 aliphatic heterocycles. The minimum Gasteiger partial charge on any atom is -0.462 e. The van der Waals surface area contributed by atoms with E-state index in [0.717, 1.165) is 63.4 Å². The van der Waals surface area contributed by atoms with Crippen LogP contribution in [0.1, 0.15) is 71.6 Å². The average Bonchev–Trinajstić information content (AvgIpc) is 3.28. The molecule has 4 fully saturated rings. The van der Waals surface area contributed by atoms with Gasteiger partial charge in [0.15, 0.2) is 0 Å². The first-order chi connectivity index (χ1) is 14.7. The molecule has 0 bridgehead atoms. The van der Waals surface area contributed by atoms with Gasteiger partial charge in [-0.3, -0.25) is 4.79 Å². The van der Waals surface area contributed by atoms with E-state index in [1.54, 1.807) is 6.08 Å². The molecule has 8 atom stereocenters. The Morgan fingerprint density at radius 1 is 1.16 bits per heavy atom. The molecule has 1 N–H and O–H groups in total. The third kappa shape index (κ3) is 3.18. The Morgan fingerprint density at radius 2 is 1.97 bits per heavy atom. The van der Waals surface area contributed by atoms with Gasteiger partial charge >= 0.3 is 11.9 Å². The number of cyclic esters (lactones) is 1. The average molecular weight is 495 g/mol. The number of esters is 2. The largest absolute Gasteiger partial charge is 0.462 e.